The molecule has 2 atom stereocenters. The highest BCUT2D eigenvalue weighted by Crippen LogP contribution is 2.43. The van der Waals surface area contributed by atoms with Crippen molar-refractivity contribution in [1.29, 1.82) is 0 Å². The van der Waals surface area contributed by atoms with Crippen LogP contribution in [-0.2, 0) is 0 Å². The number of hydrogen-bond donors (Lipinski definition) is 0. The smallest absolute Gasteiger partial charge is 0.253 e. The van der Waals surface area contributed by atoms with E-state index in [0.717, 1.165) is 36.5 Å². The number of fused-ring (bicyclic) bond motifs is 1. The summed E-state index contributed by atoms with van der Waals surface area (Å²) in [5.41, 5.74) is 2.78. The minimum atomic E-state index is 0.251. The molecular formula is C29H43N3O. The van der Waals surface area contributed by atoms with Crippen molar-refractivity contribution in [2.45, 2.75) is 83.1 Å². The van der Waals surface area contributed by atoms with E-state index in [-0.39, 0.29) is 5.91 Å². The van der Waals surface area contributed by atoms with Crippen LogP contribution in [0.15, 0.2) is 24.3 Å². The number of rotatable bonds is 3. The van der Waals surface area contributed by atoms with Gasteiger partial charge in [-0.3, -0.25) is 4.79 Å². The second-order valence-electron chi connectivity index (χ2n) is 12.0. The Morgan fingerprint density at radius 1 is 0.727 bits per heavy atom. The van der Waals surface area contributed by atoms with Crippen molar-refractivity contribution in [3.63, 3.8) is 0 Å². The molecule has 3 saturated heterocycles. The van der Waals surface area contributed by atoms with E-state index in [1.54, 1.807) is 0 Å². The van der Waals surface area contributed by atoms with E-state index in [0.29, 0.717) is 5.41 Å². The third-order valence-electron chi connectivity index (χ3n) is 10.3. The Bertz CT molecular complexity index is 814. The number of carbonyl (C=O) groups excluding carboxylic acids is 1. The molecule has 6 rings (SSSR count). The van der Waals surface area contributed by atoms with Crippen molar-refractivity contribution in [1.82, 2.24) is 9.80 Å². The molecule has 4 heteroatoms. The first-order valence-corrected chi connectivity index (χ1v) is 14.1. The molecule has 0 unspecified atom stereocenters. The first-order chi connectivity index (χ1) is 16.2. The fourth-order valence-corrected chi connectivity index (χ4v) is 7.64. The zero-order valence-corrected chi connectivity index (χ0v) is 20.5. The Balaban J connectivity index is 1.02. The summed E-state index contributed by atoms with van der Waals surface area (Å²) in [5.74, 6) is 1.87. The Hall–Kier alpha value is -1.55. The van der Waals surface area contributed by atoms with Crippen molar-refractivity contribution < 1.29 is 4.79 Å². The molecule has 1 amide bonds. The van der Waals surface area contributed by atoms with E-state index < -0.39 is 0 Å². The first kappa shape index (κ1) is 21.9. The van der Waals surface area contributed by atoms with E-state index in [1.165, 1.54) is 109 Å². The molecule has 2 aliphatic carbocycles. The van der Waals surface area contributed by atoms with Crippen LogP contribution in [0.4, 0.5) is 5.69 Å². The lowest BCUT2D eigenvalue weighted by Crippen LogP contribution is -2.50. The topological polar surface area (TPSA) is 26.8 Å². The van der Waals surface area contributed by atoms with Crippen LogP contribution < -0.4 is 4.90 Å². The minimum absolute atomic E-state index is 0.251. The Morgan fingerprint density at radius 3 is 2.06 bits per heavy atom. The summed E-state index contributed by atoms with van der Waals surface area (Å²) in [6.45, 7) is 6.95. The van der Waals surface area contributed by atoms with Crippen LogP contribution in [0.25, 0.3) is 0 Å². The standard InChI is InChI=1S/C29H43N3O/c33-28(32-17-12-23-4-1-2-5-25(23)22-32)24-8-10-27(11-9-24)31-20-15-29(16-21-31)13-18-30(19-14-29)26-6-3-7-26/h8-11,23,25-26H,1-7,12-22H2/t23-,25+/m0/s1. The van der Waals surface area contributed by atoms with E-state index in [1.807, 2.05) is 0 Å². The average Bonchev–Trinajstić information content (AvgIpc) is 2.84. The zero-order valence-electron chi connectivity index (χ0n) is 20.5. The molecule has 0 bridgehead atoms. The molecule has 3 aliphatic heterocycles. The molecular weight excluding hydrogens is 406 g/mol. The first-order valence-electron chi connectivity index (χ1n) is 14.1. The van der Waals surface area contributed by atoms with Crippen LogP contribution in [-0.4, -0.2) is 61.0 Å². The molecule has 0 radical (unpaired) electrons. The Kier molecular flexibility index (Phi) is 6.15. The maximum atomic E-state index is 13.2. The number of benzene rings is 1. The normalized spacial score (nSPS) is 30.7. The lowest BCUT2D eigenvalue weighted by Gasteiger charge is -2.50. The maximum Gasteiger partial charge on any atom is 0.253 e. The summed E-state index contributed by atoms with van der Waals surface area (Å²) in [5, 5.41) is 0. The van der Waals surface area contributed by atoms with Crippen molar-refractivity contribution in [3.05, 3.63) is 29.8 Å². The second kappa shape index (κ2) is 9.24. The highest BCUT2D eigenvalue weighted by molar-refractivity contribution is 5.94. The van der Waals surface area contributed by atoms with Gasteiger partial charge >= 0.3 is 0 Å². The van der Waals surface area contributed by atoms with Crippen LogP contribution in [0.5, 0.6) is 0 Å². The summed E-state index contributed by atoms with van der Waals surface area (Å²) in [4.78, 5) is 20.7. The van der Waals surface area contributed by atoms with Gasteiger partial charge in [0.15, 0.2) is 0 Å². The number of amides is 1. The van der Waals surface area contributed by atoms with Crippen molar-refractivity contribution in [2.75, 3.05) is 44.2 Å². The van der Waals surface area contributed by atoms with Gasteiger partial charge in [-0.25, -0.2) is 0 Å². The molecule has 33 heavy (non-hydrogen) atoms. The molecule has 180 valence electrons. The molecule has 0 N–H and O–H groups in total. The van der Waals surface area contributed by atoms with Gasteiger partial charge in [0.2, 0.25) is 0 Å². The van der Waals surface area contributed by atoms with Gasteiger partial charge in [0.05, 0.1) is 0 Å². The summed E-state index contributed by atoms with van der Waals surface area (Å²) in [7, 11) is 0. The maximum absolute atomic E-state index is 13.2. The fourth-order valence-electron chi connectivity index (χ4n) is 7.64. The molecule has 5 fully saturated rings. The van der Waals surface area contributed by atoms with Crippen LogP contribution in [0.1, 0.15) is 87.4 Å². The van der Waals surface area contributed by atoms with Crippen molar-refractivity contribution >= 4 is 11.6 Å². The molecule has 1 aromatic rings. The molecule has 2 saturated carbocycles. The number of carbonyl (C=O) groups is 1. The minimum Gasteiger partial charge on any atom is -0.371 e. The van der Waals surface area contributed by atoms with Gasteiger partial charge in [0.1, 0.15) is 0 Å². The molecule has 0 aromatic heterocycles. The van der Waals surface area contributed by atoms with Gasteiger partial charge in [-0.15, -0.1) is 0 Å². The van der Waals surface area contributed by atoms with E-state index in [2.05, 4.69) is 39.0 Å². The quantitative estimate of drug-likeness (QED) is 0.603. The third-order valence-corrected chi connectivity index (χ3v) is 10.3. The highest BCUT2D eigenvalue weighted by atomic mass is 16.2. The van der Waals surface area contributed by atoms with Crippen LogP contribution in [0.2, 0.25) is 0 Å². The number of likely N-dealkylation sites (tertiary alicyclic amines) is 2. The van der Waals surface area contributed by atoms with E-state index >= 15 is 0 Å². The number of anilines is 1. The molecule has 4 nitrogen and oxygen atoms in total. The SMILES string of the molecule is O=C(c1ccc(N2CCC3(CC2)CCN(C2CCC2)CC3)cc1)N1CC[C@@H]2CCCC[C@@H]2C1. The van der Waals surface area contributed by atoms with Gasteiger partial charge in [0.25, 0.3) is 5.91 Å². The van der Waals surface area contributed by atoms with Crippen LogP contribution in [0.3, 0.4) is 0 Å². The zero-order chi connectivity index (χ0) is 22.3. The monoisotopic (exact) mass is 449 g/mol. The predicted molar refractivity (Wildman–Crippen MR) is 135 cm³/mol. The summed E-state index contributed by atoms with van der Waals surface area (Å²) in [6, 6.07) is 9.51. The second-order valence-corrected chi connectivity index (χ2v) is 12.0. The molecule has 5 aliphatic rings. The third kappa shape index (κ3) is 4.45. The number of hydrogen-bond acceptors (Lipinski definition) is 3. The van der Waals surface area contributed by atoms with Gasteiger partial charge < -0.3 is 14.7 Å². The summed E-state index contributed by atoms with van der Waals surface area (Å²) >= 11 is 0. The van der Waals surface area contributed by atoms with Gasteiger partial charge in [-0.05, 0) is 106 Å². The van der Waals surface area contributed by atoms with Crippen molar-refractivity contribution in [2.24, 2.45) is 17.3 Å². The van der Waals surface area contributed by atoms with Crippen LogP contribution >= 0.6 is 0 Å². The highest BCUT2D eigenvalue weighted by Gasteiger charge is 2.40. The lowest BCUT2D eigenvalue weighted by atomic mass is 9.70. The lowest BCUT2D eigenvalue weighted by molar-refractivity contribution is 0.0306. The fraction of sp³-hybridized carbons (Fsp3) is 0.759. The van der Waals surface area contributed by atoms with Gasteiger partial charge in [-0.1, -0.05) is 25.7 Å². The average molecular weight is 450 g/mol. The number of piperidine rings is 3. The molecule has 3 heterocycles. The predicted octanol–water partition coefficient (Wildman–Crippen LogP) is 5.57. The summed E-state index contributed by atoms with van der Waals surface area (Å²) in [6.07, 6.45) is 16.5. The molecule has 1 spiro atoms. The largest absolute Gasteiger partial charge is 0.371 e. The van der Waals surface area contributed by atoms with E-state index in [9.17, 15) is 4.79 Å². The molecule has 1 aromatic carbocycles. The summed E-state index contributed by atoms with van der Waals surface area (Å²) < 4.78 is 0. The number of nitrogens with zero attached hydrogens (tertiary/aromatic N) is 3. The van der Waals surface area contributed by atoms with E-state index in [4.69, 9.17) is 0 Å². The van der Waals surface area contributed by atoms with Crippen molar-refractivity contribution in [3.8, 4) is 0 Å². The van der Waals surface area contributed by atoms with Gasteiger partial charge in [0, 0.05) is 43.5 Å². The van der Waals surface area contributed by atoms with Gasteiger partial charge in [-0.2, -0.15) is 0 Å². The Morgan fingerprint density at radius 2 is 1.39 bits per heavy atom. The Labute approximate surface area is 200 Å². The van der Waals surface area contributed by atoms with Crippen LogP contribution in [0, 0.1) is 17.3 Å².